The van der Waals surface area contributed by atoms with E-state index in [1.807, 2.05) is 51.2 Å². The summed E-state index contributed by atoms with van der Waals surface area (Å²) in [5, 5.41) is 12.1. The minimum atomic E-state index is -0.859. The first-order valence-electron chi connectivity index (χ1n) is 8.17. The van der Waals surface area contributed by atoms with Gasteiger partial charge in [-0.1, -0.05) is 11.1 Å². The molecule has 0 fully saturated rings. The Balaban J connectivity index is 1.80. The third kappa shape index (κ3) is 3.35. The lowest BCUT2D eigenvalue weighted by Gasteiger charge is -2.25. The van der Waals surface area contributed by atoms with Crippen LogP contribution in [0.3, 0.4) is 0 Å². The van der Waals surface area contributed by atoms with Crippen LogP contribution in [-0.2, 0) is 4.84 Å². The molecule has 11 heteroatoms. The quantitative estimate of drug-likeness (QED) is 0.124. The fourth-order valence-electron chi connectivity index (χ4n) is 3.14. The van der Waals surface area contributed by atoms with Crippen molar-refractivity contribution in [1.29, 1.82) is 0 Å². The highest BCUT2D eigenvalue weighted by atomic mass is 127. The van der Waals surface area contributed by atoms with E-state index in [-0.39, 0.29) is 33.2 Å². The van der Waals surface area contributed by atoms with Crippen LogP contribution < -0.4 is 0 Å². The van der Waals surface area contributed by atoms with Crippen LogP contribution in [0.15, 0.2) is 42.5 Å². The van der Waals surface area contributed by atoms with Gasteiger partial charge in [-0.15, -0.1) is 0 Å². The van der Waals surface area contributed by atoms with Crippen LogP contribution in [0.25, 0.3) is 10.8 Å². The van der Waals surface area contributed by atoms with Crippen molar-refractivity contribution in [2.45, 2.75) is 0 Å². The lowest BCUT2D eigenvalue weighted by atomic mass is 9.94. The number of imide groups is 1. The normalized spacial score (nSPS) is 13.0. The van der Waals surface area contributed by atoms with Gasteiger partial charge in [-0.05, 0) is 98.1 Å². The molecule has 3 aromatic carbocycles. The van der Waals surface area contributed by atoms with Gasteiger partial charge in [-0.2, -0.15) is 0 Å². The van der Waals surface area contributed by atoms with Gasteiger partial charge in [0.1, 0.15) is 0 Å². The van der Waals surface area contributed by atoms with E-state index < -0.39 is 22.7 Å². The fraction of sp³-hybridized carbons (Fsp3) is 0. The van der Waals surface area contributed by atoms with Crippen molar-refractivity contribution in [2.75, 3.05) is 0 Å². The van der Waals surface area contributed by atoms with E-state index in [1.54, 1.807) is 6.07 Å². The molecule has 30 heavy (non-hydrogen) atoms. The van der Waals surface area contributed by atoms with E-state index in [9.17, 15) is 24.5 Å². The van der Waals surface area contributed by atoms with Gasteiger partial charge in [-0.3, -0.25) is 19.7 Å². The molecule has 2 amide bonds. The molecule has 1 heterocycles. The van der Waals surface area contributed by atoms with Crippen LogP contribution in [0.5, 0.6) is 0 Å². The van der Waals surface area contributed by atoms with Crippen molar-refractivity contribution in [3.63, 3.8) is 0 Å². The molecule has 0 aromatic heterocycles. The standard InChI is InChI=1S/C19H7I3N2O6/c20-11-5-6-12(21)16(22)15(11)19(27)30-23-17(25)9-3-1-2-8-13(24(28)29)7-4-10(14(8)9)18(23)26/h1-7H. The molecule has 0 saturated carbocycles. The summed E-state index contributed by atoms with van der Waals surface area (Å²) in [5.41, 5.74) is 0.122. The summed E-state index contributed by atoms with van der Waals surface area (Å²) in [6.45, 7) is 0. The van der Waals surface area contributed by atoms with Crippen molar-refractivity contribution >= 4 is 102 Å². The van der Waals surface area contributed by atoms with Gasteiger partial charge < -0.3 is 4.84 Å². The van der Waals surface area contributed by atoms with Gasteiger partial charge in [0, 0.05) is 22.2 Å². The fourth-order valence-corrected chi connectivity index (χ4v) is 5.47. The number of nitro groups is 1. The summed E-state index contributed by atoms with van der Waals surface area (Å²) >= 11 is 6.05. The summed E-state index contributed by atoms with van der Waals surface area (Å²) in [6.07, 6.45) is 0. The number of hydroxylamine groups is 2. The SMILES string of the molecule is O=C(ON1C(=O)c2cccc3c([N+](=O)[O-])ccc(c23)C1=O)c1c(I)ccc(I)c1I. The van der Waals surface area contributed by atoms with Crippen molar-refractivity contribution in [3.05, 3.63) is 80.0 Å². The van der Waals surface area contributed by atoms with E-state index in [4.69, 9.17) is 4.84 Å². The van der Waals surface area contributed by atoms with Gasteiger partial charge in [-0.25, -0.2) is 4.79 Å². The highest BCUT2D eigenvalue weighted by Crippen LogP contribution is 2.35. The number of rotatable bonds is 3. The van der Waals surface area contributed by atoms with Crippen molar-refractivity contribution in [2.24, 2.45) is 0 Å². The maximum atomic E-state index is 13.0. The zero-order chi connectivity index (χ0) is 21.7. The number of benzene rings is 3. The van der Waals surface area contributed by atoms with E-state index in [2.05, 4.69) is 22.6 Å². The average Bonchev–Trinajstić information content (AvgIpc) is 2.71. The van der Waals surface area contributed by atoms with E-state index >= 15 is 0 Å². The Bertz CT molecular complexity index is 1280. The minimum Gasteiger partial charge on any atom is -0.324 e. The largest absolute Gasteiger partial charge is 0.366 e. The molecule has 8 nitrogen and oxygen atoms in total. The first kappa shape index (κ1) is 21.4. The highest BCUT2D eigenvalue weighted by Gasteiger charge is 2.38. The van der Waals surface area contributed by atoms with E-state index in [1.165, 1.54) is 30.3 Å². The maximum Gasteiger partial charge on any atom is 0.366 e. The topological polar surface area (TPSA) is 107 Å². The molecule has 0 unspecified atom stereocenters. The molecule has 0 saturated heterocycles. The second-order valence-electron chi connectivity index (χ2n) is 6.12. The summed E-state index contributed by atoms with van der Waals surface area (Å²) < 4.78 is 2.07. The second-order valence-corrected chi connectivity index (χ2v) is 9.52. The monoisotopic (exact) mass is 740 g/mol. The number of carbonyl (C=O) groups excluding carboxylic acids is 3. The zero-order valence-electron chi connectivity index (χ0n) is 14.5. The number of hydrogen-bond acceptors (Lipinski definition) is 6. The molecule has 1 aliphatic rings. The lowest BCUT2D eigenvalue weighted by molar-refractivity contribution is -0.383. The van der Waals surface area contributed by atoms with E-state index in [0.29, 0.717) is 12.2 Å². The van der Waals surface area contributed by atoms with E-state index in [0.717, 1.165) is 3.57 Å². The zero-order valence-corrected chi connectivity index (χ0v) is 21.0. The molecule has 1 aliphatic heterocycles. The molecule has 0 radical (unpaired) electrons. The molecular formula is C19H7I3N2O6. The smallest absolute Gasteiger partial charge is 0.324 e. The number of nitro benzene ring substituents is 1. The number of nitrogens with zero attached hydrogens (tertiary/aromatic N) is 2. The lowest BCUT2D eigenvalue weighted by Crippen LogP contribution is -2.42. The van der Waals surface area contributed by atoms with Gasteiger partial charge in [0.2, 0.25) is 0 Å². The van der Waals surface area contributed by atoms with Crippen LogP contribution in [0, 0.1) is 20.8 Å². The third-order valence-corrected chi connectivity index (χ3v) is 8.42. The molecule has 0 bridgehead atoms. The Labute approximate surface area is 209 Å². The Morgan fingerprint density at radius 3 is 2.23 bits per heavy atom. The summed E-state index contributed by atoms with van der Waals surface area (Å²) in [4.78, 5) is 54.7. The highest BCUT2D eigenvalue weighted by molar-refractivity contribution is 14.1. The third-order valence-electron chi connectivity index (χ3n) is 4.47. The molecule has 0 atom stereocenters. The van der Waals surface area contributed by atoms with Gasteiger partial charge in [0.25, 0.3) is 17.5 Å². The van der Waals surface area contributed by atoms with Gasteiger partial charge in [0.05, 0.1) is 27.0 Å². The Morgan fingerprint density at radius 2 is 1.57 bits per heavy atom. The number of hydrogen-bond donors (Lipinski definition) is 0. The number of non-ortho nitro benzene ring substituents is 1. The van der Waals surface area contributed by atoms with Crippen LogP contribution in [0.2, 0.25) is 0 Å². The first-order chi connectivity index (χ1) is 14.2. The van der Waals surface area contributed by atoms with Crippen molar-refractivity contribution in [3.8, 4) is 0 Å². The summed E-state index contributed by atoms with van der Waals surface area (Å²) in [5.74, 6) is -2.56. The second kappa shape index (κ2) is 7.99. The molecule has 0 spiro atoms. The summed E-state index contributed by atoms with van der Waals surface area (Å²) in [6, 6.07) is 10.4. The van der Waals surface area contributed by atoms with Gasteiger partial charge >= 0.3 is 5.97 Å². The van der Waals surface area contributed by atoms with Crippen LogP contribution >= 0.6 is 67.8 Å². The minimum absolute atomic E-state index is 0.0469. The Kier molecular flexibility index (Phi) is 5.69. The number of halogens is 3. The maximum absolute atomic E-state index is 13.0. The van der Waals surface area contributed by atoms with Crippen LogP contribution in [0.1, 0.15) is 31.1 Å². The predicted molar refractivity (Wildman–Crippen MR) is 131 cm³/mol. The molecule has 0 N–H and O–H groups in total. The number of carbonyl (C=O) groups is 3. The molecule has 3 aromatic rings. The average molecular weight is 740 g/mol. The molecule has 150 valence electrons. The molecular weight excluding hydrogens is 733 g/mol. The Morgan fingerprint density at radius 1 is 0.933 bits per heavy atom. The van der Waals surface area contributed by atoms with Crippen LogP contribution in [-0.4, -0.2) is 27.8 Å². The molecule has 4 rings (SSSR count). The summed E-state index contributed by atoms with van der Waals surface area (Å²) in [7, 11) is 0. The predicted octanol–water partition coefficient (Wildman–Crippen LogP) is 4.93. The first-order valence-corrected chi connectivity index (χ1v) is 11.4. The van der Waals surface area contributed by atoms with Crippen molar-refractivity contribution < 1.29 is 24.1 Å². The van der Waals surface area contributed by atoms with Crippen LogP contribution in [0.4, 0.5) is 5.69 Å². The Hall–Kier alpha value is -1.88. The molecule has 0 aliphatic carbocycles. The van der Waals surface area contributed by atoms with Crippen molar-refractivity contribution in [1.82, 2.24) is 5.06 Å². The number of amides is 2. The van der Waals surface area contributed by atoms with Gasteiger partial charge in [0.15, 0.2) is 0 Å².